The molecular weight excluding hydrogens is 444 g/mol. The monoisotopic (exact) mass is 458 g/mol. The molecule has 1 aliphatic carbocycles. The molecule has 0 saturated heterocycles. The molecule has 5 rings (SSSR count). The lowest BCUT2D eigenvalue weighted by Crippen LogP contribution is -2.19. The Labute approximate surface area is 181 Å². The summed E-state index contributed by atoms with van der Waals surface area (Å²) in [6.07, 6.45) is 0. The number of hydrogen-bond acceptors (Lipinski definition) is 4. The van der Waals surface area contributed by atoms with Crippen LogP contribution in [0.25, 0.3) is 22.5 Å². The first-order chi connectivity index (χ1) is 14.6. The van der Waals surface area contributed by atoms with Gasteiger partial charge in [-0.1, -0.05) is 52.3 Å². The Bertz CT molecular complexity index is 1300. The van der Waals surface area contributed by atoms with E-state index in [4.69, 9.17) is 9.15 Å². The molecule has 0 fully saturated rings. The van der Waals surface area contributed by atoms with Gasteiger partial charge in [-0.25, -0.2) is 0 Å². The Morgan fingerprint density at radius 2 is 1.30 bits per heavy atom. The molecule has 1 aromatic heterocycles. The van der Waals surface area contributed by atoms with Crippen molar-refractivity contribution < 1.29 is 18.7 Å². The summed E-state index contributed by atoms with van der Waals surface area (Å²) < 4.78 is 12.3. The Balaban J connectivity index is 1.80. The minimum Gasteiger partial charge on any atom is -0.497 e. The van der Waals surface area contributed by atoms with Crippen molar-refractivity contribution in [3.8, 4) is 28.2 Å². The van der Waals surface area contributed by atoms with Crippen LogP contribution in [0.3, 0.4) is 0 Å². The summed E-state index contributed by atoms with van der Waals surface area (Å²) >= 11 is 3.45. The highest BCUT2D eigenvalue weighted by Gasteiger charge is 2.37. The van der Waals surface area contributed by atoms with E-state index in [1.165, 1.54) is 0 Å². The summed E-state index contributed by atoms with van der Waals surface area (Å²) in [5.41, 5.74) is 3.26. The summed E-state index contributed by atoms with van der Waals surface area (Å²) in [7, 11) is 1.60. The highest BCUT2D eigenvalue weighted by atomic mass is 79.9. The average Bonchev–Trinajstić information content (AvgIpc) is 3.19. The number of ketones is 2. The molecule has 4 aromatic rings. The molecule has 1 heterocycles. The quantitative estimate of drug-likeness (QED) is 0.324. The molecule has 0 N–H and O–H groups in total. The van der Waals surface area contributed by atoms with E-state index >= 15 is 0 Å². The largest absolute Gasteiger partial charge is 0.497 e. The van der Waals surface area contributed by atoms with Crippen LogP contribution in [0.2, 0.25) is 0 Å². The fraction of sp³-hybridized carbons (Fsp3) is 0.0400. The molecule has 30 heavy (non-hydrogen) atoms. The Morgan fingerprint density at radius 1 is 0.700 bits per heavy atom. The summed E-state index contributed by atoms with van der Waals surface area (Å²) in [5, 5.41) is 0. The highest BCUT2D eigenvalue weighted by molar-refractivity contribution is 9.10. The first-order valence-corrected chi connectivity index (χ1v) is 10.1. The van der Waals surface area contributed by atoms with Gasteiger partial charge in [-0.05, 0) is 42.0 Å². The maximum absolute atomic E-state index is 13.4. The van der Waals surface area contributed by atoms with Crippen molar-refractivity contribution in [2.45, 2.75) is 0 Å². The van der Waals surface area contributed by atoms with E-state index in [9.17, 15) is 9.59 Å². The Kier molecular flexibility index (Phi) is 4.40. The van der Waals surface area contributed by atoms with Crippen LogP contribution in [0.4, 0.5) is 0 Å². The predicted molar refractivity (Wildman–Crippen MR) is 117 cm³/mol. The van der Waals surface area contributed by atoms with Crippen molar-refractivity contribution in [1.82, 2.24) is 0 Å². The summed E-state index contributed by atoms with van der Waals surface area (Å²) in [6.45, 7) is 0. The van der Waals surface area contributed by atoms with Gasteiger partial charge in [-0.15, -0.1) is 0 Å². The molecule has 0 saturated carbocycles. The fourth-order valence-electron chi connectivity index (χ4n) is 3.78. The van der Waals surface area contributed by atoms with E-state index in [0.717, 1.165) is 15.6 Å². The zero-order valence-corrected chi connectivity index (χ0v) is 17.5. The molecular formula is C25H15BrO4. The molecule has 0 atom stereocenters. The molecule has 0 radical (unpaired) electrons. The van der Waals surface area contributed by atoms with E-state index in [1.54, 1.807) is 31.4 Å². The first-order valence-electron chi connectivity index (χ1n) is 9.34. The van der Waals surface area contributed by atoms with Gasteiger partial charge in [0.2, 0.25) is 5.78 Å². The maximum Gasteiger partial charge on any atom is 0.229 e. The SMILES string of the molecule is COc1ccc(-c2oc3c(c2-c2ccc(Br)cc2)C(=O)c2ccccc2C3=O)cc1. The Hall–Kier alpha value is -3.44. The normalized spacial score (nSPS) is 12.5. The molecule has 3 aromatic carbocycles. The van der Waals surface area contributed by atoms with E-state index in [0.29, 0.717) is 33.8 Å². The van der Waals surface area contributed by atoms with Crippen LogP contribution in [0.1, 0.15) is 32.0 Å². The summed E-state index contributed by atoms with van der Waals surface area (Å²) in [5.74, 6) is 0.793. The van der Waals surface area contributed by atoms with Gasteiger partial charge in [0.15, 0.2) is 11.5 Å². The van der Waals surface area contributed by atoms with Crippen molar-refractivity contribution in [2.75, 3.05) is 7.11 Å². The molecule has 0 aliphatic heterocycles. The average molecular weight is 459 g/mol. The summed E-state index contributed by atoms with van der Waals surface area (Å²) in [6, 6.07) is 21.8. The van der Waals surface area contributed by atoms with E-state index in [-0.39, 0.29) is 17.3 Å². The smallest absolute Gasteiger partial charge is 0.229 e. The second kappa shape index (κ2) is 7.11. The number of furan rings is 1. The Morgan fingerprint density at radius 3 is 1.93 bits per heavy atom. The van der Waals surface area contributed by atoms with Crippen LogP contribution in [0.5, 0.6) is 5.75 Å². The summed E-state index contributed by atoms with van der Waals surface area (Å²) in [4.78, 5) is 26.6. The van der Waals surface area contributed by atoms with Crippen molar-refractivity contribution in [1.29, 1.82) is 0 Å². The van der Waals surface area contributed by atoms with Gasteiger partial charge >= 0.3 is 0 Å². The molecule has 4 nitrogen and oxygen atoms in total. The van der Waals surface area contributed by atoms with Crippen LogP contribution in [-0.4, -0.2) is 18.7 Å². The number of methoxy groups -OCH3 is 1. The van der Waals surface area contributed by atoms with Crippen molar-refractivity contribution in [3.63, 3.8) is 0 Å². The fourth-order valence-corrected chi connectivity index (χ4v) is 4.05. The second-order valence-electron chi connectivity index (χ2n) is 6.95. The lowest BCUT2D eigenvalue weighted by Gasteiger charge is -2.14. The number of ether oxygens (including phenoxy) is 1. The van der Waals surface area contributed by atoms with Gasteiger partial charge < -0.3 is 9.15 Å². The first kappa shape index (κ1) is 18.6. The second-order valence-corrected chi connectivity index (χ2v) is 7.87. The topological polar surface area (TPSA) is 56.5 Å². The minimum absolute atomic E-state index is 0.0856. The number of hydrogen-bond donors (Lipinski definition) is 0. The molecule has 0 unspecified atom stereocenters. The zero-order chi connectivity index (χ0) is 20.8. The maximum atomic E-state index is 13.4. The number of fused-ring (bicyclic) bond motifs is 2. The zero-order valence-electron chi connectivity index (χ0n) is 15.9. The van der Waals surface area contributed by atoms with Gasteiger partial charge in [0.25, 0.3) is 0 Å². The lowest BCUT2D eigenvalue weighted by atomic mass is 9.84. The van der Waals surface area contributed by atoms with E-state index < -0.39 is 0 Å². The van der Waals surface area contributed by atoms with Crippen LogP contribution in [-0.2, 0) is 0 Å². The number of halogens is 1. The van der Waals surface area contributed by atoms with Crippen LogP contribution >= 0.6 is 15.9 Å². The van der Waals surface area contributed by atoms with Gasteiger partial charge in [0.05, 0.1) is 12.7 Å². The molecule has 1 aliphatic rings. The van der Waals surface area contributed by atoms with Gasteiger partial charge in [-0.3, -0.25) is 9.59 Å². The third-order valence-electron chi connectivity index (χ3n) is 5.24. The molecule has 0 bridgehead atoms. The molecule has 146 valence electrons. The highest BCUT2D eigenvalue weighted by Crippen LogP contribution is 2.43. The van der Waals surface area contributed by atoms with Crippen molar-refractivity contribution >= 4 is 27.5 Å². The van der Waals surface area contributed by atoms with Gasteiger partial charge in [0.1, 0.15) is 11.5 Å². The molecule has 0 amide bonds. The number of rotatable bonds is 3. The minimum atomic E-state index is -0.279. The standard InChI is InChI=1S/C25H15BrO4/c1-29-17-12-8-15(9-13-17)24-20(14-6-10-16(26)11-7-14)21-22(27)18-4-2-3-5-19(18)23(28)25(21)30-24/h2-13H,1H3. The van der Waals surface area contributed by atoms with Crippen LogP contribution in [0, 0.1) is 0 Å². The lowest BCUT2D eigenvalue weighted by molar-refractivity contribution is 0.0961. The van der Waals surface area contributed by atoms with Gasteiger partial charge in [0, 0.05) is 26.7 Å². The number of benzene rings is 3. The molecule has 5 heteroatoms. The number of carbonyl (C=O) groups excluding carboxylic acids is 2. The van der Waals surface area contributed by atoms with E-state index in [1.807, 2.05) is 48.5 Å². The van der Waals surface area contributed by atoms with Crippen molar-refractivity contribution in [2.24, 2.45) is 0 Å². The predicted octanol–water partition coefficient (Wildman–Crippen LogP) is 6.16. The number of carbonyl (C=O) groups is 2. The molecule has 0 spiro atoms. The third-order valence-corrected chi connectivity index (χ3v) is 5.77. The van der Waals surface area contributed by atoms with Gasteiger partial charge in [-0.2, -0.15) is 0 Å². The van der Waals surface area contributed by atoms with E-state index in [2.05, 4.69) is 15.9 Å². The van der Waals surface area contributed by atoms with Crippen LogP contribution < -0.4 is 4.74 Å². The van der Waals surface area contributed by atoms with Crippen molar-refractivity contribution in [3.05, 3.63) is 99.7 Å². The third kappa shape index (κ3) is 2.82. The van der Waals surface area contributed by atoms with Crippen LogP contribution in [0.15, 0.2) is 81.7 Å².